The molecule has 1 aliphatic heterocycles. The van der Waals surface area contributed by atoms with Gasteiger partial charge < -0.3 is 10.1 Å². The Morgan fingerprint density at radius 3 is 2.89 bits per heavy atom. The lowest BCUT2D eigenvalue weighted by atomic mass is 9.99. The van der Waals surface area contributed by atoms with Crippen LogP contribution in [0.5, 0.6) is 5.75 Å². The van der Waals surface area contributed by atoms with Gasteiger partial charge in [-0.2, -0.15) is 0 Å². The van der Waals surface area contributed by atoms with Gasteiger partial charge in [0.05, 0.1) is 6.61 Å². The van der Waals surface area contributed by atoms with Crippen LogP contribution in [0, 0.1) is 5.92 Å². The van der Waals surface area contributed by atoms with Gasteiger partial charge in [-0.25, -0.2) is 0 Å². The Morgan fingerprint density at radius 1 is 1.26 bits per heavy atom. The monoisotopic (exact) mass is 261 g/mol. The van der Waals surface area contributed by atoms with Gasteiger partial charge in [0.1, 0.15) is 5.75 Å². The first-order chi connectivity index (χ1) is 9.15. The van der Waals surface area contributed by atoms with E-state index in [2.05, 4.69) is 44.3 Å². The van der Waals surface area contributed by atoms with Crippen molar-refractivity contribution in [3.05, 3.63) is 29.3 Å². The number of ether oxygens (including phenoxy) is 1. The lowest BCUT2D eigenvalue weighted by Crippen LogP contribution is -2.27. The molecule has 2 nitrogen and oxygen atoms in total. The van der Waals surface area contributed by atoms with Crippen molar-refractivity contribution in [1.29, 1.82) is 0 Å². The largest absolute Gasteiger partial charge is 0.493 e. The predicted octanol–water partition coefficient (Wildman–Crippen LogP) is 3.58. The van der Waals surface area contributed by atoms with Gasteiger partial charge in [-0.15, -0.1) is 0 Å². The van der Waals surface area contributed by atoms with Gasteiger partial charge in [0.25, 0.3) is 0 Å². The SMILES string of the molecule is CC(CCCc1ccc2c(c1)CCO2)CNC(C)C. The molecule has 0 aromatic heterocycles. The summed E-state index contributed by atoms with van der Waals surface area (Å²) >= 11 is 0. The number of fused-ring (bicyclic) bond motifs is 1. The minimum absolute atomic E-state index is 0.596. The normalized spacial score (nSPS) is 15.4. The minimum atomic E-state index is 0.596. The summed E-state index contributed by atoms with van der Waals surface area (Å²) in [4.78, 5) is 0. The van der Waals surface area contributed by atoms with Crippen LogP contribution in [-0.2, 0) is 12.8 Å². The van der Waals surface area contributed by atoms with Crippen molar-refractivity contribution in [2.24, 2.45) is 5.92 Å². The van der Waals surface area contributed by atoms with Crippen LogP contribution >= 0.6 is 0 Å². The molecule has 1 aliphatic rings. The number of hydrogen-bond acceptors (Lipinski definition) is 2. The molecule has 0 fully saturated rings. The van der Waals surface area contributed by atoms with Gasteiger partial charge in [0.15, 0.2) is 0 Å². The van der Waals surface area contributed by atoms with Crippen molar-refractivity contribution in [3.8, 4) is 5.75 Å². The first kappa shape index (κ1) is 14.4. The highest BCUT2D eigenvalue weighted by atomic mass is 16.5. The molecule has 2 rings (SSSR count). The molecule has 19 heavy (non-hydrogen) atoms. The lowest BCUT2D eigenvalue weighted by Gasteiger charge is -2.14. The molecule has 0 saturated heterocycles. The first-order valence-corrected chi connectivity index (χ1v) is 7.63. The van der Waals surface area contributed by atoms with Crippen LogP contribution in [0.25, 0.3) is 0 Å². The standard InChI is InChI=1S/C17H27NO/c1-13(2)18-12-14(3)5-4-6-15-7-8-17-16(11-15)9-10-19-17/h7-8,11,13-14,18H,4-6,9-10,12H2,1-3H3. The van der Waals surface area contributed by atoms with Crippen molar-refractivity contribution in [1.82, 2.24) is 5.32 Å². The molecular weight excluding hydrogens is 234 g/mol. The highest BCUT2D eigenvalue weighted by molar-refractivity contribution is 5.39. The maximum Gasteiger partial charge on any atom is 0.122 e. The van der Waals surface area contributed by atoms with E-state index in [-0.39, 0.29) is 0 Å². The molecule has 0 saturated carbocycles. The highest BCUT2D eigenvalue weighted by Crippen LogP contribution is 2.26. The third-order valence-corrected chi connectivity index (χ3v) is 3.79. The van der Waals surface area contributed by atoms with Gasteiger partial charge in [-0.05, 0) is 48.9 Å². The Bertz CT molecular complexity index is 400. The topological polar surface area (TPSA) is 21.3 Å². The molecule has 0 spiro atoms. The minimum Gasteiger partial charge on any atom is -0.493 e. The van der Waals surface area contributed by atoms with E-state index >= 15 is 0 Å². The van der Waals surface area contributed by atoms with Gasteiger partial charge in [-0.1, -0.05) is 32.9 Å². The van der Waals surface area contributed by atoms with Gasteiger partial charge in [-0.3, -0.25) is 0 Å². The van der Waals surface area contributed by atoms with Crippen LogP contribution in [0.4, 0.5) is 0 Å². The number of hydrogen-bond donors (Lipinski definition) is 1. The predicted molar refractivity (Wildman–Crippen MR) is 80.9 cm³/mol. The molecule has 0 radical (unpaired) electrons. The number of rotatable bonds is 7. The molecule has 0 amide bonds. The van der Waals surface area contributed by atoms with Crippen molar-refractivity contribution in [3.63, 3.8) is 0 Å². The van der Waals surface area contributed by atoms with Crippen molar-refractivity contribution >= 4 is 0 Å². The molecule has 1 unspecified atom stereocenters. The second-order valence-corrected chi connectivity index (χ2v) is 6.10. The van der Waals surface area contributed by atoms with Crippen LogP contribution in [0.1, 0.15) is 44.7 Å². The Morgan fingerprint density at radius 2 is 2.11 bits per heavy atom. The van der Waals surface area contributed by atoms with E-state index in [1.54, 1.807) is 0 Å². The van der Waals surface area contributed by atoms with Crippen LogP contribution in [-0.4, -0.2) is 19.2 Å². The van der Waals surface area contributed by atoms with E-state index < -0.39 is 0 Å². The summed E-state index contributed by atoms with van der Waals surface area (Å²) in [6, 6.07) is 7.29. The van der Waals surface area contributed by atoms with Crippen LogP contribution in [0.3, 0.4) is 0 Å². The third-order valence-electron chi connectivity index (χ3n) is 3.79. The average Bonchev–Trinajstić information content (AvgIpc) is 2.83. The zero-order chi connectivity index (χ0) is 13.7. The zero-order valence-corrected chi connectivity index (χ0v) is 12.5. The average molecular weight is 261 g/mol. The zero-order valence-electron chi connectivity index (χ0n) is 12.5. The summed E-state index contributed by atoms with van der Waals surface area (Å²) in [5, 5.41) is 3.51. The van der Waals surface area contributed by atoms with Crippen LogP contribution in [0.2, 0.25) is 0 Å². The highest BCUT2D eigenvalue weighted by Gasteiger charge is 2.12. The molecule has 1 heterocycles. The molecule has 1 atom stereocenters. The summed E-state index contributed by atoms with van der Waals surface area (Å²) in [5.41, 5.74) is 2.86. The first-order valence-electron chi connectivity index (χ1n) is 7.63. The molecule has 1 aromatic carbocycles. The Kier molecular flexibility index (Phi) is 5.26. The second-order valence-electron chi connectivity index (χ2n) is 6.10. The summed E-state index contributed by atoms with van der Waals surface area (Å²) in [7, 11) is 0. The maximum atomic E-state index is 5.54. The van der Waals surface area contributed by atoms with E-state index in [1.807, 2.05) is 0 Å². The fraction of sp³-hybridized carbons (Fsp3) is 0.647. The fourth-order valence-electron chi connectivity index (χ4n) is 2.59. The molecule has 106 valence electrons. The molecule has 1 aromatic rings. The van der Waals surface area contributed by atoms with Crippen molar-refractivity contribution in [2.75, 3.05) is 13.2 Å². The summed E-state index contributed by atoms with van der Waals surface area (Å²) in [6.45, 7) is 8.75. The quantitative estimate of drug-likeness (QED) is 0.810. The van der Waals surface area contributed by atoms with E-state index in [4.69, 9.17) is 4.74 Å². The summed E-state index contributed by atoms with van der Waals surface area (Å²) in [5.74, 6) is 1.86. The molecule has 2 heteroatoms. The lowest BCUT2D eigenvalue weighted by molar-refractivity contribution is 0.357. The molecular formula is C17H27NO. The smallest absolute Gasteiger partial charge is 0.122 e. The van der Waals surface area contributed by atoms with Gasteiger partial charge >= 0.3 is 0 Å². The number of benzene rings is 1. The third kappa shape index (κ3) is 4.54. The van der Waals surface area contributed by atoms with Gasteiger partial charge in [0.2, 0.25) is 0 Å². The van der Waals surface area contributed by atoms with E-state index in [9.17, 15) is 0 Å². The summed E-state index contributed by atoms with van der Waals surface area (Å²) < 4.78 is 5.54. The number of aryl methyl sites for hydroxylation is 1. The van der Waals surface area contributed by atoms with E-state index in [1.165, 1.54) is 30.4 Å². The molecule has 1 N–H and O–H groups in total. The summed E-state index contributed by atoms with van der Waals surface area (Å²) in [6.07, 6.45) is 4.85. The van der Waals surface area contributed by atoms with Crippen LogP contribution in [0.15, 0.2) is 18.2 Å². The van der Waals surface area contributed by atoms with Gasteiger partial charge in [0, 0.05) is 12.5 Å². The number of nitrogens with one attached hydrogen (secondary N) is 1. The van der Waals surface area contributed by atoms with E-state index in [0.29, 0.717) is 6.04 Å². The Balaban J connectivity index is 1.71. The van der Waals surface area contributed by atoms with Crippen molar-refractivity contribution < 1.29 is 4.74 Å². The van der Waals surface area contributed by atoms with Crippen molar-refractivity contribution in [2.45, 2.75) is 52.5 Å². The Labute approximate surface area is 117 Å². The molecule has 0 bridgehead atoms. The maximum absolute atomic E-state index is 5.54. The van der Waals surface area contributed by atoms with E-state index in [0.717, 1.165) is 31.2 Å². The van der Waals surface area contributed by atoms with Crippen LogP contribution < -0.4 is 10.1 Å². The fourth-order valence-corrected chi connectivity index (χ4v) is 2.59. The molecule has 0 aliphatic carbocycles. The second kappa shape index (κ2) is 6.95. The Hall–Kier alpha value is -1.02.